The fourth-order valence-corrected chi connectivity index (χ4v) is 2.26. The van der Waals surface area contributed by atoms with Crippen LogP contribution in [0.3, 0.4) is 0 Å². The van der Waals surface area contributed by atoms with E-state index in [9.17, 15) is 10.2 Å². The van der Waals surface area contributed by atoms with Crippen LogP contribution in [-0.4, -0.2) is 10.2 Å². The topological polar surface area (TPSA) is 40.5 Å². The van der Waals surface area contributed by atoms with E-state index < -0.39 is 0 Å². The Morgan fingerprint density at radius 3 is 2.20 bits per heavy atom. The third-order valence-electron chi connectivity index (χ3n) is 3.34. The van der Waals surface area contributed by atoms with Crippen LogP contribution in [0.25, 0.3) is 11.6 Å². The van der Waals surface area contributed by atoms with Gasteiger partial charge in [0.2, 0.25) is 0 Å². The van der Waals surface area contributed by atoms with Gasteiger partial charge in [0, 0.05) is 5.56 Å². The summed E-state index contributed by atoms with van der Waals surface area (Å²) >= 11 is 0. The van der Waals surface area contributed by atoms with Crippen molar-refractivity contribution in [1.82, 2.24) is 0 Å². The molecule has 0 amide bonds. The summed E-state index contributed by atoms with van der Waals surface area (Å²) in [5.41, 5.74) is 3.57. The minimum Gasteiger partial charge on any atom is -0.508 e. The first-order valence-corrected chi connectivity index (χ1v) is 6.90. The second-order valence-electron chi connectivity index (χ2n) is 4.98. The van der Waals surface area contributed by atoms with Gasteiger partial charge in [0.1, 0.15) is 11.5 Å². The average molecular weight is 268 g/mol. The lowest BCUT2D eigenvalue weighted by Crippen LogP contribution is -1.89. The molecule has 0 heterocycles. The molecule has 0 aliphatic carbocycles. The molecule has 0 spiro atoms. The molecule has 104 valence electrons. The first-order valence-electron chi connectivity index (χ1n) is 6.90. The Hall–Kier alpha value is -2.22. The molecule has 0 aliphatic rings. The number of phenols is 2. The van der Waals surface area contributed by atoms with E-state index in [1.165, 1.54) is 0 Å². The summed E-state index contributed by atoms with van der Waals surface area (Å²) < 4.78 is 0. The number of aromatic hydroxyl groups is 2. The number of allylic oxidation sites excluding steroid dienone is 1. The van der Waals surface area contributed by atoms with E-state index >= 15 is 0 Å². The highest BCUT2D eigenvalue weighted by Crippen LogP contribution is 2.33. The Morgan fingerprint density at radius 2 is 1.65 bits per heavy atom. The monoisotopic (exact) mass is 268 g/mol. The number of phenolic OH excluding ortho intramolecular Hbond substituents is 2. The van der Waals surface area contributed by atoms with Crippen molar-refractivity contribution in [2.45, 2.75) is 26.7 Å². The van der Waals surface area contributed by atoms with Gasteiger partial charge >= 0.3 is 0 Å². The van der Waals surface area contributed by atoms with Crippen molar-refractivity contribution in [3.63, 3.8) is 0 Å². The van der Waals surface area contributed by atoms with Crippen LogP contribution in [0.1, 0.15) is 37.0 Å². The highest BCUT2D eigenvalue weighted by atomic mass is 16.3. The number of hydrogen-bond donors (Lipinski definition) is 2. The number of hydrogen-bond acceptors (Lipinski definition) is 2. The van der Waals surface area contributed by atoms with E-state index in [4.69, 9.17) is 0 Å². The van der Waals surface area contributed by atoms with Crippen LogP contribution < -0.4 is 0 Å². The third kappa shape index (κ3) is 3.21. The van der Waals surface area contributed by atoms with Gasteiger partial charge in [-0.25, -0.2) is 0 Å². The summed E-state index contributed by atoms with van der Waals surface area (Å²) in [5.74, 6) is 0.338. The van der Waals surface area contributed by atoms with Crippen LogP contribution >= 0.6 is 0 Å². The highest BCUT2D eigenvalue weighted by Gasteiger charge is 2.09. The van der Waals surface area contributed by atoms with Gasteiger partial charge in [0.25, 0.3) is 0 Å². The number of benzene rings is 2. The van der Waals surface area contributed by atoms with Crippen molar-refractivity contribution in [2.24, 2.45) is 0 Å². The van der Waals surface area contributed by atoms with E-state index in [0.717, 1.165) is 23.1 Å². The Labute approximate surface area is 120 Å². The molecule has 0 fully saturated rings. The molecule has 0 unspecified atom stereocenters. The largest absolute Gasteiger partial charge is 0.508 e. The third-order valence-corrected chi connectivity index (χ3v) is 3.34. The van der Waals surface area contributed by atoms with Crippen molar-refractivity contribution < 1.29 is 10.2 Å². The molecule has 0 bridgehead atoms. The molecular formula is C18H20O2. The minimum absolute atomic E-state index is 0.169. The maximum Gasteiger partial charge on any atom is 0.123 e. The summed E-state index contributed by atoms with van der Waals surface area (Å²) in [6, 6.07) is 13.4. The smallest absolute Gasteiger partial charge is 0.123 e. The molecule has 2 aromatic carbocycles. The molecule has 0 atom stereocenters. The Kier molecular flexibility index (Phi) is 4.46. The predicted octanol–water partition coefficient (Wildman–Crippen LogP) is 4.61. The molecule has 20 heavy (non-hydrogen) atoms. The van der Waals surface area contributed by atoms with E-state index in [1.54, 1.807) is 12.1 Å². The van der Waals surface area contributed by atoms with Gasteiger partial charge in [-0.2, -0.15) is 0 Å². The van der Waals surface area contributed by atoms with Gasteiger partial charge < -0.3 is 10.2 Å². The van der Waals surface area contributed by atoms with E-state index in [-0.39, 0.29) is 11.5 Å². The zero-order valence-corrected chi connectivity index (χ0v) is 11.9. The standard InChI is InChI=1S/C18H20O2/c1-3-7-16-17(19)11-15(12-18(16)20)13(2)10-14-8-5-4-6-9-14/h4-6,8-12,19-20H,3,7H2,1-2H3. The van der Waals surface area contributed by atoms with Crippen molar-refractivity contribution in [3.8, 4) is 11.5 Å². The van der Waals surface area contributed by atoms with Crippen LogP contribution in [0.2, 0.25) is 0 Å². The zero-order chi connectivity index (χ0) is 14.5. The van der Waals surface area contributed by atoms with Gasteiger partial charge in [-0.15, -0.1) is 0 Å². The molecule has 2 N–H and O–H groups in total. The minimum atomic E-state index is 0.169. The van der Waals surface area contributed by atoms with Crippen molar-refractivity contribution in [1.29, 1.82) is 0 Å². The lowest BCUT2D eigenvalue weighted by molar-refractivity contribution is 0.437. The quantitative estimate of drug-likeness (QED) is 0.795. The van der Waals surface area contributed by atoms with Gasteiger partial charge in [-0.05, 0) is 42.2 Å². The predicted molar refractivity (Wildman–Crippen MR) is 83.8 cm³/mol. The van der Waals surface area contributed by atoms with E-state index in [0.29, 0.717) is 12.0 Å². The molecule has 2 rings (SSSR count). The van der Waals surface area contributed by atoms with Crippen LogP contribution in [0, 0.1) is 0 Å². The van der Waals surface area contributed by atoms with Crippen LogP contribution in [0.5, 0.6) is 11.5 Å². The summed E-state index contributed by atoms with van der Waals surface area (Å²) in [4.78, 5) is 0. The van der Waals surface area contributed by atoms with Crippen LogP contribution in [0.4, 0.5) is 0 Å². The molecule has 2 aromatic rings. The fourth-order valence-electron chi connectivity index (χ4n) is 2.26. The lowest BCUT2D eigenvalue weighted by atomic mass is 9.99. The second-order valence-corrected chi connectivity index (χ2v) is 4.98. The van der Waals surface area contributed by atoms with Gasteiger partial charge in [0.05, 0.1) is 0 Å². The molecule has 0 radical (unpaired) electrons. The van der Waals surface area contributed by atoms with Gasteiger partial charge in [-0.3, -0.25) is 0 Å². The van der Waals surface area contributed by atoms with Crippen molar-refractivity contribution in [2.75, 3.05) is 0 Å². The maximum atomic E-state index is 10.0. The first-order chi connectivity index (χ1) is 9.61. The lowest BCUT2D eigenvalue weighted by Gasteiger charge is -2.10. The Bertz CT molecular complexity index is 590. The van der Waals surface area contributed by atoms with Crippen LogP contribution in [-0.2, 0) is 6.42 Å². The molecular weight excluding hydrogens is 248 g/mol. The highest BCUT2D eigenvalue weighted by molar-refractivity contribution is 5.81. The molecule has 0 saturated heterocycles. The molecule has 2 nitrogen and oxygen atoms in total. The molecule has 0 aliphatic heterocycles. The average Bonchev–Trinajstić information content (AvgIpc) is 2.43. The van der Waals surface area contributed by atoms with E-state index in [2.05, 4.69) is 0 Å². The molecule has 2 heteroatoms. The molecule has 0 aromatic heterocycles. The SMILES string of the molecule is CCCc1c(O)cc(C(C)=Cc2ccccc2)cc1O. The summed E-state index contributed by atoms with van der Waals surface area (Å²) in [6.45, 7) is 3.99. The second kappa shape index (κ2) is 6.29. The summed E-state index contributed by atoms with van der Waals surface area (Å²) in [6.07, 6.45) is 3.60. The van der Waals surface area contributed by atoms with Crippen LogP contribution in [0.15, 0.2) is 42.5 Å². The fraction of sp³-hybridized carbons (Fsp3) is 0.222. The Balaban J connectivity index is 2.36. The van der Waals surface area contributed by atoms with Gasteiger partial charge in [0.15, 0.2) is 0 Å². The first kappa shape index (κ1) is 14.2. The zero-order valence-electron chi connectivity index (χ0n) is 11.9. The maximum absolute atomic E-state index is 10.0. The summed E-state index contributed by atoms with van der Waals surface area (Å²) in [7, 11) is 0. The Morgan fingerprint density at radius 1 is 1.05 bits per heavy atom. The van der Waals surface area contributed by atoms with Crippen molar-refractivity contribution in [3.05, 3.63) is 59.2 Å². The molecule has 0 saturated carbocycles. The van der Waals surface area contributed by atoms with Crippen molar-refractivity contribution >= 4 is 11.6 Å². The number of rotatable bonds is 4. The van der Waals surface area contributed by atoms with E-state index in [1.807, 2.05) is 50.3 Å². The van der Waals surface area contributed by atoms with Gasteiger partial charge in [-0.1, -0.05) is 49.8 Å². The normalized spacial score (nSPS) is 11.6. The summed E-state index contributed by atoms with van der Waals surface area (Å²) in [5, 5.41) is 20.1.